The van der Waals surface area contributed by atoms with Gasteiger partial charge in [0.25, 0.3) is 5.91 Å². The van der Waals surface area contributed by atoms with E-state index in [1.54, 1.807) is 19.1 Å². The maximum atomic E-state index is 13.1. The van der Waals surface area contributed by atoms with Crippen molar-refractivity contribution in [1.29, 1.82) is 0 Å². The zero-order valence-corrected chi connectivity index (χ0v) is 15.2. The molecule has 0 spiro atoms. The molecule has 0 radical (unpaired) electrons. The summed E-state index contributed by atoms with van der Waals surface area (Å²) in [6.07, 6.45) is 1.40. The number of hydrogen-bond donors (Lipinski definition) is 2. The SMILES string of the molecule is CCN(CC(=O)O)C1CC(NC(=O)c2nc(C)n(-c3ccc(F)cc3)n2)C1. The number of aliphatic carboxylic acids is 1. The monoisotopic (exact) mass is 375 g/mol. The first-order valence-electron chi connectivity index (χ1n) is 8.83. The van der Waals surface area contributed by atoms with Gasteiger partial charge in [0, 0.05) is 12.1 Å². The molecule has 1 aliphatic rings. The summed E-state index contributed by atoms with van der Waals surface area (Å²) in [5, 5.41) is 16.0. The second-order valence-electron chi connectivity index (χ2n) is 6.62. The van der Waals surface area contributed by atoms with Crippen LogP contribution in [0, 0.1) is 12.7 Å². The topological polar surface area (TPSA) is 100 Å². The number of aromatic nitrogens is 3. The molecule has 0 bridgehead atoms. The normalized spacial score (nSPS) is 19.0. The zero-order chi connectivity index (χ0) is 19.6. The molecule has 8 nitrogen and oxygen atoms in total. The van der Waals surface area contributed by atoms with Gasteiger partial charge in [-0.15, -0.1) is 5.10 Å². The summed E-state index contributed by atoms with van der Waals surface area (Å²) in [6, 6.07) is 5.91. The van der Waals surface area contributed by atoms with Gasteiger partial charge in [-0.3, -0.25) is 14.5 Å². The van der Waals surface area contributed by atoms with Gasteiger partial charge < -0.3 is 10.4 Å². The highest BCUT2D eigenvalue weighted by Crippen LogP contribution is 2.25. The van der Waals surface area contributed by atoms with E-state index in [0.29, 0.717) is 30.9 Å². The number of halogens is 1. The molecule has 144 valence electrons. The highest BCUT2D eigenvalue weighted by Gasteiger charge is 2.35. The van der Waals surface area contributed by atoms with Gasteiger partial charge in [0.1, 0.15) is 11.6 Å². The second kappa shape index (κ2) is 7.83. The summed E-state index contributed by atoms with van der Waals surface area (Å²) in [5.74, 6) is -0.993. The Balaban J connectivity index is 1.59. The Morgan fingerprint density at radius 1 is 1.33 bits per heavy atom. The fourth-order valence-electron chi connectivity index (χ4n) is 3.24. The van der Waals surface area contributed by atoms with E-state index in [2.05, 4.69) is 15.4 Å². The van der Waals surface area contributed by atoms with Crippen molar-refractivity contribution >= 4 is 11.9 Å². The van der Waals surface area contributed by atoms with Crippen molar-refractivity contribution in [2.45, 2.75) is 38.8 Å². The van der Waals surface area contributed by atoms with Gasteiger partial charge in [0.05, 0.1) is 12.2 Å². The van der Waals surface area contributed by atoms with E-state index in [1.165, 1.54) is 16.8 Å². The van der Waals surface area contributed by atoms with Crippen LogP contribution in [-0.4, -0.2) is 61.8 Å². The standard InChI is InChI=1S/C18H22FN5O3/c1-3-23(10-16(25)26)15-8-13(9-15)21-18(27)17-20-11(2)24(22-17)14-6-4-12(19)5-7-14/h4-7,13,15H,3,8-10H2,1-2H3,(H,21,27)(H,25,26). The lowest BCUT2D eigenvalue weighted by Gasteiger charge is -2.42. The number of benzene rings is 1. The third kappa shape index (κ3) is 4.30. The third-order valence-electron chi connectivity index (χ3n) is 4.75. The van der Waals surface area contributed by atoms with Crippen molar-refractivity contribution < 1.29 is 19.1 Å². The lowest BCUT2D eigenvalue weighted by molar-refractivity contribution is -0.139. The molecule has 0 aliphatic heterocycles. The van der Waals surface area contributed by atoms with E-state index in [-0.39, 0.29) is 36.2 Å². The zero-order valence-electron chi connectivity index (χ0n) is 15.2. The van der Waals surface area contributed by atoms with Gasteiger partial charge >= 0.3 is 5.97 Å². The first-order chi connectivity index (χ1) is 12.9. The molecule has 0 atom stereocenters. The van der Waals surface area contributed by atoms with Crippen LogP contribution in [0.15, 0.2) is 24.3 Å². The highest BCUT2D eigenvalue weighted by atomic mass is 19.1. The molecule has 1 aliphatic carbocycles. The van der Waals surface area contributed by atoms with Crippen molar-refractivity contribution in [2.24, 2.45) is 0 Å². The average molecular weight is 375 g/mol. The Kier molecular flexibility index (Phi) is 5.50. The Bertz CT molecular complexity index is 830. The average Bonchev–Trinajstić information content (AvgIpc) is 2.98. The number of aryl methyl sites for hydroxylation is 1. The lowest BCUT2D eigenvalue weighted by Crippen LogP contribution is -2.54. The molecular weight excluding hydrogens is 353 g/mol. The Morgan fingerprint density at radius 3 is 2.59 bits per heavy atom. The van der Waals surface area contributed by atoms with Crippen LogP contribution in [0.5, 0.6) is 0 Å². The van der Waals surface area contributed by atoms with Crippen LogP contribution in [-0.2, 0) is 4.79 Å². The van der Waals surface area contributed by atoms with Crippen LogP contribution < -0.4 is 5.32 Å². The van der Waals surface area contributed by atoms with Crippen LogP contribution in [0.3, 0.4) is 0 Å². The number of carbonyl (C=O) groups excluding carboxylic acids is 1. The van der Waals surface area contributed by atoms with Crippen molar-refractivity contribution in [3.05, 3.63) is 41.7 Å². The minimum atomic E-state index is -0.852. The van der Waals surface area contributed by atoms with Crippen LogP contribution in [0.4, 0.5) is 4.39 Å². The number of amides is 1. The molecule has 1 aromatic heterocycles. The van der Waals surface area contributed by atoms with E-state index < -0.39 is 5.97 Å². The van der Waals surface area contributed by atoms with Gasteiger partial charge in [0.15, 0.2) is 0 Å². The van der Waals surface area contributed by atoms with E-state index >= 15 is 0 Å². The van der Waals surface area contributed by atoms with Gasteiger partial charge in [0.2, 0.25) is 5.82 Å². The van der Waals surface area contributed by atoms with Crippen molar-refractivity contribution in [2.75, 3.05) is 13.1 Å². The number of carboxylic acids is 1. The summed E-state index contributed by atoms with van der Waals surface area (Å²) in [6.45, 7) is 4.30. The van der Waals surface area contributed by atoms with Gasteiger partial charge in [-0.2, -0.15) is 0 Å². The van der Waals surface area contributed by atoms with Crippen LogP contribution in [0.25, 0.3) is 5.69 Å². The number of nitrogens with zero attached hydrogens (tertiary/aromatic N) is 4. The molecule has 2 N–H and O–H groups in total. The van der Waals surface area contributed by atoms with Crippen LogP contribution in [0.2, 0.25) is 0 Å². The van der Waals surface area contributed by atoms with E-state index in [9.17, 15) is 14.0 Å². The first-order valence-corrected chi connectivity index (χ1v) is 8.83. The van der Waals surface area contributed by atoms with Gasteiger partial charge in [-0.05, 0) is 50.6 Å². The van der Waals surface area contributed by atoms with Crippen molar-refractivity contribution in [3.8, 4) is 5.69 Å². The maximum absolute atomic E-state index is 13.1. The summed E-state index contributed by atoms with van der Waals surface area (Å²) >= 11 is 0. The fraction of sp³-hybridized carbons (Fsp3) is 0.444. The number of carboxylic acid groups (broad SMARTS) is 1. The van der Waals surface area contributed by atoms with Crippen molar-refractivity contribution in [1.82, 2.24) is 25.0 Å². The number of hydrogen-bond acceptors (Lipinski definition) is 5. The Morgan fingerprint density at radius 2 is 2.00 bits per heavy atom. The number of carbonyl (C=O) groups is 2. The maximum Gasteiger partial charge on any atom is 0.317 e. The second-order valence-corrected chi connectivity index (χ2v) is 6.62. The lowest BCUT2D eigenvalue weighted by atomic mass is 9.85. The molecule has 1 aromatic carbocycles. The van der Waals surface area contributed by atoms with E-state index in [1.807, 2.05) is 11.8 Å². The predicted octanol–water partition coefficient (Wildman–Crippen LogP) is 1.38. The molecule has 2 aromatic rings. The highest BCUT2D eigenvalue weighted by molar-refractivity contribution is 5.90. The molecular formula is C18H22FN5O3. The summed E-state index contributed by atoms with van der Waals surface area (Å²) in [7, 11) is 0. The summed E-state index contributed by atoms with van der Waals surface area (Å²) in [5.41, 5.74) is 0.622. The number of rotatable bonds is 7. The van der Waals surface area contributed by atoms with Crippen LogP contribution in [0.1, 0.15) is 36.2 Å². The molecule has 0 saturated heterocycles. The molecule has 1 fully saturated rings. The smallest absolute Gasteiger partial charge is 0.317 e. The quantitative estimate of drug-likeness (QED) is 0.758. The summed E-state index contributed by atoms with van der Waals surface area (Å²) in [4.78, 5) is 29.4. The van der Waals surface area contributed by atoms with E-state index in [4.69, 9.17) is 5.11 Å². The molecule has 1 amide bonds. The molecule has 3 rings (SSSR count). The largest absolute Gasteiger partial charge is 0.480 e. The van der Waals surface area contributed by atoms with Crippen LogP contribution >= 0.6 is 0 Å². The summed E-state index contributed by atoms with van der Waals surface area (Å²) < 4.78 is 14.6. The van der Waals surface area contributed by atoms with Crippen molar-refractivity contribution in [3.63, 3.8) is 0 Å². The molecule has 1 saturated carbocycles. The molecule has 0 unspecified atom stereocenters. The molecule has 9 heteroatoms. The minimum absolute atomic E-state index is 0.00462. The Hall–Kier alpha value is -2.81. The molecule has 1 heterocycles. The number of nitrogens with one attached hydrogen (secondary N) is 1. The number of likely N-dealkylation sites (N-methyl/N-ethyl adjacent to an activating group) is 1. The third-order valence-corrected chi connectivity index (χ3v) is 4.75. The van der Waals surface area contributed by atoms with Gasteiger partial charge in [-0.25, -0.2) is 14.1 Å². The van der Waals surface area contributed by atoms with E-state index in [0.717, 1.165) is 0 Å². The fourth-order valence-corrected chi connectivity index (χ4v) is 3.24. The molecule has 27 heavy (non-hydrogen) atoms. The first kappa shape index (κ1) is 19.0. The van der Waals surface area contributed by atoms with Gasteiger partial charge in [-0.1, -0.05) is 6.92 Å². The Labute approximate surface area is 156 Å². The minimum Gasteiger partial charge on any atom is -0.480 e. The predicted molar refractivity (Wildman–Crippen MR) is 95.2 cm³/mol.